The highest BCUT2D eigenvalue weighted by Gasteiger charge is 2.05. The lowest BCUT2D eigenvalue weighted by atomic mass is 10.1. The van der Waals surface area contributed by atoms with Crippen LogP contribution in [0.1, 0.15) is 11.1 Å². The van der Waals surface area contributed by atoms with Gasteiger partial charge in [-0.15, -0.1) is 0 Å². The average molecular weight is 325 g/mol. The fourth-order valence-corrected chi connectivity index (χ4v) is 2.08. The number of hydrogen-bond acceptors (Lipinski definition) is 2. The summed E-state index contributed by atoms with van der Waals surface area (Å²) < 4.78 is 19.4. The molecule has 4 heteroatoms. The van der Waals surface area contributed by atoms with Crippen LogP contribution in [0.4, 0.5) is 4.39 Å². The van der Waals surface area contributed by atoms with Crippen LogP contribution in [0.2, 0.25) is 0 Å². The molecule has 0 bridgehead atoms. The zero-order valence-electron chi connectivity index (χ0n) is 10.3. The van der Waals surface area contributed by atoms with E-state index in [9.17, 15) is 4.39 Å². The summed E-state index contributed by atoms with van der Waals surface area (Å²) in [6.45, 7) is 0.439. The molecule has 0 saturated heterocycles. The Kier molecular flexibility index (Phi) is 4.93. The molecule has 0 aliphatic carbocycles. The van der Waals surface area contributed by atoms with Gasteiger partial charge in [-0.3, -0.25) is 0 Å². The van der Waals surface area contributed by atoms with Gasteiger partial charge in [0.25, 0.3) is 0 Å². The molecule has 0 unspecified atom stereocenters. The van der Waals surface area contributed by atoms with Gasteiger partial charge in [-0.05, 0) is 46.1 Å². The SMILES string of the molecule is OCCc1ccc(OCc2cccc(F)c2Br)cc1. The lowest BCUT2D eigenvalue weighted by Crippen LogP contribution is -1.98. The lowest BCUT2D eigenvalue weighted by molar-refractivity contribution is 0.298. The van der Waals surface area contributed by atoms with Crippen molar-refractivity contribution in [2.75, 3.05) is 6.61 Å². The van der Waals surface area contributed by atoms with Crippen molar-refractivity contribution < 1.29 is 14.2 Å². The highest BCUT2D eigenvalue weighted by molar-refractivity contribution is 9.10. The maximum atomic E-state index is 13.3. The van der Waals surface area contributed by atoms with Gasteiger partial charge in [0.1, 0.15) is 18.2 Å². The number of ether oxygens (including phenoxy) is 1. The van der Waals surface area contributed by atoms with Gasteiger partial charge in [0.15, 0.2) is 0 Å². The van der Waals surface area contributed by atoms with E-state index in [4.69, 9.17) is 9.84 Å². The first kappa shape index (κ1) is 14.0. The van der Waals surface area contributed by atoms with Gasteiger partial charge in [0, 0.05) is 12.2 Å². The van der Waals surface area contributed by atoms with Crippen molar-refractivity contribution in [3.8, 4) is 5.75 Å². The van der Waals surface area contributed by atoms with Crippen LogP contribution in [0.3, 0.4) is 0 Å². The van der Waals surface area contributed by atoms with Crippen LogP contribution in [0, 0.1) is 5.82 Å². The van der Waals surface area contributed by atoms with Gasteiger partial charge in [-0.1, -0.05) is 24.3 Å². The van der Waals surface area contributed by atoms with Gasteiger partial charge in [-0.2, -0.15) is 0 Å². The third kappa shape index (κ3) is 3.78. The third-order valence-electron chi connectivity index (χ3n) is 2.75. The largest absolute Gasteiger partial charge is 0.489 e. The monoisotopic (exact) mass is 324 g/mol. The second-order valence-electron chi connectivity index (χ2n) is 4.12. The third-order valence-corrected chi connectivity index (χ3v) is 3.64. The second kappa shape index (κ2) is 6.68. The Morgan fingerprint density at radius 2 is 1.84 bits per heavy atom. The molecule has 1 N–H and O–H groups in total. The summed E-state index contributed by atoms with van der Waals surface area (Å²) in [7, 11) is 0. The van der Waals surface area contributed by atoms with Crippen LogP contribution in [-0.4, -0.2) is 11.7 Å². The van der Waals surface area contributed by atoms with Crippen LogP contribution in [0.5, 0.6) is 5.75 Å². The first-order valence-corrected chi connectivity index (χ1v) is 6.75. The van der Waals surface area contributed by atoms with Crippen molar-refractivity contribution in [2.24, 2.45) is 0 Å². The van der Waals surface area contributed by atoms with Gasteiger partial charge in [-0.25, -0.2) is 4.39 Å². The maximum Gasteiger partial charge on any atom is 0.137 e. The lowest BCUT2D eigenvalue weighted by Gasteiger charge is -2.09. The number of hydrogen-bond donors (Lipinski definition) is 1. The molecule has 0 heterocycles. The molecular weight excluding hydrogens is 311 g/mol. The summed E-state index contributed by atoms with van der Waals surface area (Å²) in [5.41, 5.74) is 1.82. The molecule has 0 aromatic heterocycles. The molecule has 2 rings (SSSR count). The molecule has 0 aliphatic heterocycles. The van der Waals surface area contributed by atoms with E-state index < -0.39 is 0 Å². The first-order valence-electron chi connectivity index (χ1n) is 5.96. The van der Waals surface area contributed by atoms with Crippen LogP contribution in [0.15, 0.2) is 46.9 Å². The quantitative estimate of drug-likeness (QED) is 0.908. The van der Waals surface area contributed by atoms with E-state index in [-0.39, 0.29) is 12.4 Å². The van der Waals surface area contributed by atoms with Crippen LogP contribution in [-0.2, 0) is 13.0 Å². The Bertz CT molecular complexity index is 540. The van der Waals surface area contributed by atoms with Crippen molar-refractivity contribution in [1.29, 1.82) is 0 Å². The molecule has 2 nitrogen and oxygen atoms in total. The Morgan fingerprint density at radius 1 is 1.11 bits per heavy atom. The predicted octanol–water partition coefficient (Wildman–Crippen LogP) is 3.70. The van der Waals surface area contributed by atoms with E-state index in [2.05, 4.69) is 15.9 Å². The topological polar surface area (TPSA) is 29.5 Å². The van der Waals surface area contributed by atoms with Crippen LogP contribution >= 0.6 is 15.9 Å². The van der Waals surface area contributed by atoms with Gasteiger partial charge < -0.3 is 9.84 Å². The van der Waals surface area contributed by atoms with Crippen molar-refractivity contribution in [3.63, 3.8) is 0 Å². The number of rotatable bonds is 5. The molecule has 2 aromatic rings. The fourth-order valence-electron chi connectivity index (χ4n) is 1.70. The number of aliphatic hydroxyl groups excluding tert-OH is 1. The van der Waals surface area contributed by atoms with Crippen LogP contribution < -0.4 is 4.74 Å². The molecule has 0 spiro atoms. The van der Waals surface area contributed by atoms with E-state index in [1.807, 2.05) is 30.3 Å². The van der Waals surface area contributed by atoms with Crippen molar-refractivity contribution >= 4 is 15.9 Å². The minimum absolute atomic E-state index is 0.135. The molecule has 0 atom stereocenters. The summed E-state index contributed by atoms with van der Waals surface area (Å²) in [6, 6.07) is 12.4. The van der Waals surface area contributed by atoms with Gasteiger partial charge in [0.05, 0.1) is 4.47 Å². The molecule has 0 aliphatic rings. The highest BCUT2D eigenvalue weighted by atomic mass is 79.9. The molecule has 0 saturated carbocycles. The second-order valence-corrected chi connectivity index (χ2v) is 4.91. The van der Waals surface area contributed by atoms with E-state index in [1.54, 1.807) is 6.07 Å². The predicted molar refractivity (Wildman–Crippen MR) is 75.7 cm³/mol. The van der Waals surface area contributed by atoms with Gasteiger partial charge >= 0.3 is 0 Å². The van der Waals surface area contributed by atoms with Crippen molar-refractivity contribution in [3.05, 3.63) is 63.9 Å². The summed E-state index contributed by atoms with van der Waals surface area (Å²) in [6.07, 6.45) is 0.635. The molecule has 0 fully saturated rings. The van der Waals surface area contributed by atoms with Gasteiger partial charge in [0.2, 0.25) is 0 Å². The normalized spacial score (nSPS) is 10.5. The minimum Gasteiger partial charge on any atom is -0.489 e. The molecular formula is C15H14BrFO2. The molecule has 0 amide bonds. The van der Waals surface area contributed by atoms with Crippen molar-refractivity contribution in [2.45, 2.75) is 13.0 Å². The minimum atomic E-state index is -0.292. The summed E-state index contributed by atoms with van der Waals surface area (Å²) in [5.74, 6) is 0.428. The Balaban J connectivity index is 2.00. The smallest absolute Gasteiger partial charge is 0.137 e. The van der Waals surface area contributed by atoms with E-state index >= 15 is 0 Å². The van der Waals surface area contributed by atoms with Crippen molar-refractivity contribution in [1.82, 2.24) is 0 Å². The van der Waals surface area contributed by atoms with E-state index in [0.29, 0.717) is 17.5 Å². The summed E-state index contributed by atoms with van der Waals surface area (Å²) >= 11 is 3.20. The Morgan fingerprint density at radius 3 is 2.53 bits per heavy atom. The molecule has 0 radical (unpaired) electrons. The molecule has 19 heavy (non-hydrogen) atoms. The maximum absolute atomic E-state index is 13.3. The Hall–Kier alpha value is -1.39. The van der Waals surface area contributed by atoms with Crippen LogP contribution in [0.25, 0.3) is 0 Å². The van der Waals surface area contributed by atoms with E-state index in [0.717, 1.165) is 16.9 Å². The molecule has 2 aromatic carbocycles. The van der Waals surface area contributed by atoms with E-state index in [1.165, 1.54) is 6.07 Å². The first-order chi connectivity index (χ1) is 9.20. The average Bonchev–Trinajstić information content (AvgIpc) is 2.42. The zero-order chi connectivity index (χ0) is 13.7. The summed E-state index contributed by atoms with van der Waals surface area (Å²) in [5, 5.41) is 8.83. The standard InChI is InChI=1S/C15H14BrFO2/c16-15-12(2-1-3-14(15)17)10-19-13-6-4-11(5-7-13)8-9-18/h1-7,18H,8-10H2. The Labute approximate surface area is 120 Å². The summed E-state index contributed by atoms with van der Waals surface area (Å²) in [4.78, 5) is 0. The number of benzene rings is 2. The molecule has 100 valence electrons. The zero-order valence-corrected chi connectivity index (χ0v) is 11.9. The highest BCUT2D eigenvalue weighted by Crippen LogP contribution is 2.22. The number of aliphatic hydroxyl groups is 1. The fraction of sp³-hybridized carbons (Fsp3) is 0.200. The number of halogens is 2.